The molecule has 1 aromatic heterocycles. The van der Waals surface area contributed by atoms with Crippen LogP contribution in [-0.4, -0.2) is 53.2 Å². The van der Waals surface area contributed by atoms with Gasteiger partial charge in [0.2, 0.25) is 11.8 Å². The molecule has 0 aliphatic heterocycles. The summed E-state index contributed by atoms with van der Waals surface area (Å²) in [6.07, 6.45) is 4.06. The lowest BCUT2D eigenvalue weighted by atomic mass is 10.3. The molecule has 1 heterocycles. The second-order valence-corrected chi connectivity index (χ2v) is 4.35. The minimum Gasteiger partial charge on any atom is -0.355 e. The monoisotopic (exact) mass is 339 g/mol. The first kappa shape index (κ1) is 22.0. The molecular weight excluding hydrogens is 317 g/mol. The Morgan fingerprint density at radius 1 is 1.43 bits per heavy atom. The number of nitrogens with two attached hydrogens (primary N) is 1. The minimum atomic E-state index is -0.420. The highest BCUT2D eigenvalue weighted by Gasteiger charge is 2.20. The van der Waals surface area contributed by atoms with E-state index in [1.807, 2.05) is 0 Å². The predicted molar refractivity (Wildman–Crippen MR) is 85.8 cm³/mol. The zero-order valence-corrected chi connectivity index (χ0v) is 13.8. The molecule has 7 nitrogen and oxygen atoms in total. The lowest BCUT2D eigenvalue weighted by Gasteiger charge is -2.21. The van der Waals surface area contributed by atoms with Gasteiger partial charge in [-0.2, -0.15) is 5.10 Å². The van der Waals surface area contributed by atoms with Crippen LogP contribution in [-0.2, 0) is 9.59 Å². The Labute approximate surface area is 137 Å². The summed E-state index contributed by atoms with van der Waals surface area (Å²) in [6.45, 7) is 2.85. The Bertz CT molecular complexity index is 414. The third kappa shape index (κ3) is 7.31. The highest BCUT2D eigenvalue weighted by atomic mass is 35.5. The maximum Gasteiger partial charge on any atom is 0.247 e. The van der Waals surface area contributed by atoms with Gasteiger partial charge in [0.1, 0.15) is 6.04 Å². The number of carbonyl (C=O) groups is 2. The zero-order valence-electron chi connectivity index (χ0n) is 12.2. The summed E-state index contributed by atoms with van der Waals surface area (Å²) in [5.41, 5.74) is 5.33. The number of aromatic nitrogens is 2. The first-order chi connectivity index (χ1) is 9.06. The molecule has 1 atom stereocenters. The van der Waals surface area contributed by atoms with Crippen molar-refractivity contribution >= 4 is 36.6 Å². The zero-order chi connectivity index (χ0) is 14.3. The second kappa shape index (κ2) is 11.4. The van der Waals surface area contributed by atoms with E-state index in [1.165, 1.54) is 4.90 Å². The maximum absolute atomic E-state index is 12.1. The van der Waals surface area contributed by atoms with E-state index in [1.54, 1.807) is 37.1 Å². The largest absolute Gasteiger partial charge is 0.355 e. The van der Waals surface area contributed by atoms with Gasteiger partial charge in [0.05, 0.1) is 6.54 Å². The van der Waals surface area contributed by atoms with Gasteiger partial charge in [0.25, 0.3) is 0 Å². The minimum absolute atomic E-state index is 0. The molecule has 2 amide bonds. The Balaban J connectivity index is 0. The van der Waals surface area contributed by atoms with Crippen molar-refractivity contribution in [1.29, 1.82) is 0 Å². The molecule has 0 aromatic carbocycles. The normalized spacial score (nSPS) is 10.8. The molecule has 0 spiro atoms. The summed E-state index contributed by atoms with van der Waals surface area (Å²) in [5.74, 6) is -0.338. The van der Waals surface area contributed by atoms with Crippen LogP contribution in [0.15, 0.2) is 18.5 Å². The van der Waals surface area contributed by atoms with Crippen molar-refractivity contribution in [2.75, 3.05) is 26.7 Å². The van der Waals surface area contributed by atoms with Crippen LogP contribution >= 0.6 is 24.8 Å². The van der Waals surface area contributed by atoms with Gasteiger partial charge in [-0.1, -0.05) is 0 Å². The van der Waals surface area contributed by atoms with Gasteiger partial charge in [-0.15, -0.1) is 24.8 Å². The molecular formula is C12H23Cl2N5O2. The summed E-state index contributed by atoms with van der Waals surface area (Å²) < 4.78 is 1.56. The van der Waals surface area contributed by atoms with Gasteiger partial charge in [0, 0.05) is 26.0 Å². The van der Waals surface area contributed by atoms with E-state index in [2.05, 4.69) is 10.4 Å². The van der Waals surface area contributed by atoms with Crippen molar-refractivity contribution in [3.05, 3.63) is 18.5 Å². The first-order valence-electron chi connectivity index (χ1n) is 6.27. The highest BCUT2D eigenvalue weighted by Crippen LogP contribution is 2.06. The van der Waals surface area contributed by atoms with E-state index in [0.717, 1.165) is 6.42 Å². The summed E-state index contributed by atoms with van der Waals surface area (Å²) >= 11 is 0. The molecule has 0 saturated carbocycles. The number of nitrogens with one attached hydrogen (secondary N) is 1. The molecule has 1 unspecified atom stereocenters. The SMILES string of the molecule is CC(C(=O)N(C)CC(=O)NCCCN)n1cccn1.Cl.Cl. The van der Waals surface area contributed by atoms with Crippen LogP contribution in [0.2, 0.25) is 0 Å². The Morgan fingerprint density at radius 3 is 2.62 bits per heavy atom. The van der Waals surface area contributed by atoms with E-state index >= 15 is 0 Å². The average Bonchev–Trinajstić information content (AvgIpc) is 2.91. The average molecular weight is 340 g/mol. The summed E-state index contributed by atoms with van der Waals surface area (Å²) in [5, 5.41) is 6.72. The quantitative estimate of drug-likeness (QED) is 0.694. The Kier molecular flexibility index (Phi) is 11.9. The molecule has 21 heavy (non-hydrogen) atoms. The van der Waals surface area contributed by atoms with E-state index < -0.39 is 6.04 Å². The van der Waals surface area contributed by atoms with Crippen molar-refractivity contribution in [2.24, 2.45) is 5.73 Å². The third-order valence-corrected chi connectivity index (χ3v) is 2.74. The van der Waals surface area contributed by atoms with Gasteiger partial charge in [0.15, 0.2) is 0 Å². The summed E-state index contributed by atoms with van der Waals surface area (Å²) in [4.78, 5) is 25.0. The highest BCUT2D eigenvalue weighted by molar-refractivity contribution is 5.86. The number of rotatable bonds is 7. The number of hydrogen-bond acceptors (Lipinski definition) is 4. The van der Waals surface area contributed by atoms with Crippen LogP contribution in [0.5, 0.6) is 0 Å². The molecule has 0 bridgehead atoms. The number of hydrogen-bond donors (Lipinski definition) is 2. The van der Waals surface area contributed by atoms with Crippen molar-refractivity contribution in [1.82, 2.24) is 20.0 Å². The number of amides is 2. The van der Waals surface area contributed by atoms with Crippen molar-refractivity contribution in [3.8, 4) is 0 Å². The van der Waals surface area contributed by atoms with E-state index in [-0.39, 0.29) is 43.2 Å². The number of carbonyl (C=O) groups excluding carboxylic acids is 2. The van der Waals surface area contributed by atoms with Crippen LogP contribution in [0, 0.1) is 0 Å². The number of nitrogens with zero attached hydrogens (tertiary/aromatic N) is 3. The molecule has 0 fully saturated rings. The molecule has 122 valence electrons. The Morgan fingerprint density at radius 2 is 2.10 bits per heavy atom. The van der Waals surface area contributed by atoms with Gasteiger partial charge >= 0.3 is 0 Å². The molecule has 0 aliphatic carbocycles. The van der Waals surface area contributed by atoms with Crippen LogP contribution in [0.4, 0.5) is 0 Å². The van der Waals surface area contributed by atoms with Crippen LogP contribution in [0.25, 0.3) is 0 Å². The van der Waals surface area contributed by atoms with Crippen LogP contribution in [0.1, 0.15) is 19.4 Å². The predicted octanol–water partition coefficient (Wildman–Crippen LogP) is 0.211. The number of halogens is 2. The smallest absolute Gasteiger partial charge is 0.247 e. The van der Waals surface area contributed by atoms with Gasteiger partial charge in [-0.3, -0.25) is 14.3 Å². The van der Waals surface area contributed by atoms with Gasteiger partial charge in [-0.05, 0) is 26.0 Å². The number of likely N-dealkylation sites (N-methyl/N-ethyl adjacent to an activating group) is 1. The fourth-order valence-corrected chi connectivity index (χ4v) is 1.62. The van der Waals surface area contributed by atoms with Crippen LogP contribution in [0.3, 0.4) is 0 Å². The first-order valence-corrected chi connectivity index (χ1v) is 6.27. The topological polar surface area (TPSA) is 93.3 Å². The van der Waals surface area contributed by atoms with Crippen molar-refractivity contribution in [2.45, 2.75) is 19.4 Å². The molecule has 0 radical (unpaired) electrons. The fourth-order valence-electron chi connectivity index (χ4n) is 1.62. The van der Waals surface area contributed by atoms with E-state index in [9.17, 15) is 9.59 Å². The van der Waals surface area contributed by atoms with Gasteiger partial charge in [-0.25, -0.2) is 0 Å². The summed E-state index contributed by atoms with van der Waals surface area (Å²) in [6, 6.07) is 1.33. The van der Waals surface area contributed by atoms with E-state index in [0.29, 0.717) is 13.1 Å². The van der Waals surface area contributed by atoms with Crippen LogP contribution < -0.4 is 11.1 Å². The molecule has 0 aliphatic rings. The van der Waals surface area contributed by atoms with Gasteiger partial charge < -0.3 is 16.0 Å². The molecule has 0 saturated heterocycles. The van der Waals surface area contributed by atoms with Crippen molar-refractivity contribution in [3.63, 3.8) is 0 Å². The van der Waals surface area contributed by atoms with E-state index in [4.69, 9.17) is 5.73 Å². The molecule has 1 rings (SSSR count). The Hall–Kier alpha value is -1.31. The maximum atomic E-state index is 12.1. The lowest BCUT2D eigenvalue weighted by Crippen LogP contribution is -2.41. The summed E-state index contributed by atoms with van der Waals surface area (Å²) in [7, 11) is 1.60. The fraction of sp³-hybridized carbons (Fsp3) is 0.583. The molecule has 3 N–H and O–H groups in total. The third-order valence-electron chi connectivity index (χ3n) is 2.74. The second-order valence-electron chi connectivity index (χ2n) is 4.35. The molecule has 1 aromatic rings. The molecule has 9 heteroatoms. The van der Waals surface area contributed by atoms with Crippen molar-refractivity contribution < 1.29 is 9.59 Å². The lowest BCUT2D eigenvalue weighted by molar-refractivity contribution is -0.137. The standard InChI is InChI=1S/C12H21N5O2.2ClH/c1-10(17-8-4-7-15-17)12(19)16(2)9-11(18)14-6-3-5-13;;/h4,7-8,10H,3,5-6,9,13H2,1-2H3,(H,14,18);2*1H.